The van der Waals surface area contributed by atoms with Gasteiger partial charge < -0.3 is 19.7 Å². The molecular weight excluding hydrogens is 458 g/mol. The monoisotopic (exact) mass is 489 g/mol. The molecule has 0 bridgehead atoms. The molecule has 34 heavy (non-hydrogen) atoms. The Kier molecular flexibility index (Phi) is 8.89. The summed E-state index contributed by atoms with van der Waals surface area (Å²) < 4.78 is 38.9. The fraction of sp³-hybridized carbons (Fsp3) is 0.417. The van der Waals surface area contributed by atoms with Gasteiger partial charge in [-0.2, -0.15) is 0 Å². The second kappa shape index (κ2) is 11.8. The van der Waals surface area contributed by atoms with Gasteiger partial charge in [0.1, 0.15) is 0 Å². The average molecular weight is 490 g/mol. The van der Waals surface area contributed by atoms with Crippen LogP contribution in [-0.2, 0) is 19.6 Å². The van der Waals surface area contributed by atoms with Gasteiger partial charge in [0.2, 0.25) is 21.8 Å². The minimum atomic E-state index is -3.84. The number of carbonyl (C=O) groups is 2. The summed E-state index contributed by atoms with van der Waals surface area (Å²) in [5, 5.41) is 2.82. The molecule has 0 unspecified atom stereocenters. The van der Waals surface area contributed by atoms with Crippen LogP contribution < -0.4 is 19.5 Å². The summed E-state index contributed by atoms with van der Waals surface area (Å²) >= 11 is 0. The molecule has 10 heteroatoms. The normalized spacial score (nSPS) is 13.1. The second-order valence-electron chi connectivity index (χ2n) is 7.99. The largest absolute Gasteiger partial charge is 0.490 e. The van der Waals surface area contributed by atoms with Gasteiger partial charge >= 0.3 is 0 Å². The topological polar surface area (TPSA) is 114 Å². The lowest BCUT2D eigenvalue weighted by molar-refractivity contribution is -0.134. The first kappa shape index (κ1) is 25.5. The molecule has 1 heterocycles. The number of aryl methyl sites for hydroxylation is 1. The Morgan fingerprint density at radius 1 is 1.06 bits per heavy atom. The zero-order valence-electron chi connectivity index (χ0n) is 19.5. The Hall–Kier alpha value is -3.11. The van der Waals surface area contributed by atoms with Crippen LogP contribution in [-0.4, -0.2) is 58.0 Å². The van der Waals surface area contributed by atoms with Gasteiger partial charge in [0, 0.05) is 37.7 Å². The van der Waals surface area contributed by atoms with Gasteiger partial charge in [0.05, 0.1) is 24.7 Å². The van der Waals surface area contributed by atoms with E-state index in [1.54, 1.807) is 12.1 Å². The van der Waals surface area contributed by atoms with Crippen LogP contribution in [0.1, 0.15) is 31.7 Å². The smallest absolute Gasteiger partial charge is 0.244 e. The number of anilines is 1. The minimum Gasteiger partial charge on any atom is -0.490 e. The fourth-order valence-corrected chi connectivity index (χ4v) is 4.53. The number of amides is 2. The van der Waals surface area contributed by atoms with E-state index in [0.29, 0.717) is 49.8 Å². The van der Waals surface area contributed by atoms with E-state index in [1.807, 2.05) is 32.0 Å². The number of carbonyl (C=O) groups excluding carboxylic acids is 2. The molecule has 0 aromatic heterocycles. The van der Waals surface area contributed by atoms with Crippen molar-refractivity contribution >= 4 is 27.5 Å². The van der Waals surface area contributed by atoms with Crippen molar-refractivity contribution in [3.05, 3.63) is 48.0 Å². The van der Waals surface area contributed by atoms with Crippen LogP contribution in [0, 0.1) is 6.92 Å². The van der Waals surface area contributed by atoms with Crippen molar-refractivity contribution in [2.75, 3.05) is 38.2 Å². The van der Waals surface area contributed by atoms with Crippen LogP contribution in [0.2, 0.25) is 0 Å². The molecule has 9 nitrogen and oxygen atoms in total. The third kappa shape index (κ3) is 6.94. The SMILES string of the molecule is CCCN(CC(=O)Nc1ccccc1C)C(=O)CCNS(=O)(=O)c1ccc2c(c1)OCCCO2. The number of sulfonamides is 1. The van der Waals surface area contributed by atoms with Crippen molar-refractivity contribution in [3.63, 3.8) is 0 Å². The van der Waals surface area contributed by atoms with E-state index in [4.69, 9.17) is 9.47 Å². The van der Waals surface area contributed by atoms with E-state index in [1.165, 1.54) is 17.0 Å². The van der Waals surface area contributed by atoms with Crippen molar-refractivity contribution in [2.24, 2.45) is 0 Å². The van der Waals surface area contributed by atoms with Gasteiger partial charge in [0.25, 0.3) is 0 Å². The fourth-order valence-electron chi connectivity index (χ4n) is 3.48. The Balaban J connectivity index is 1.55. The zero-order chi connectivity index (χ0) is 24.6. The number of hydrogen-bond donors (Lipinski definition) is 2. The highest BCUT2D eigenvalue weighted by molar-refractivity contribution is 7.89. The van der Waals surface area contributed by atoms with E-state index in [9.17, 15) is 18.0 Å². The molecule has 2 aromatic carbocycles. The maximum atomic E-state index is 12.7. The molecule has 2 amide bonds. The molecule has 0 saturated heterocycles. The Bertz CT molecular complexity index is 1120. The zero-order valence-corrected chi connectivity index (χ0v) is 20.3. The lowest BCUT2D eigenvalue weighted by Gasteiger charge is -2.22. The standard InChI is InChI=1S/C24H31N3O6S/c1-3-13-27(17-23(28)26-20-8-5-4-7-18(20)2)24(29)11-12-25-34(30,31)19-9-10-21-22(16-19)33-15-6-14-32-21/h4-5,7-10,16,25H,3,6,11-15,17H2,1-2H3,(H,26,28). The third-order valence-electron chi connectivity index (χ3n) is 5.26. The molecule has 0 atom stereocenters. The van der Waals surface area contributed by atoms with E-state index in [0.717, 1.165) is 5.56 Å². The molecule has 0 fully saturated rings. The Morgan fingerprint density at radius 2 is 1.79 bits per heavy atom. The van der Waals surface area contributed by atoms with Crippen LogP contribution in [0.3, 0.4) is 0 Å². The molecule has 1 aliphatic rings. The van der Waals surface area contributed by atoms with Gasteiger partial charge in [-0.25, -0.2) is 13.1 Å². The van der Waals surface area contributed by atoms with E-state index >= 15 is 0 Å². The number of nitrogens with one attached hydrogen (secondary N) is 2. The lowest BCUT2D eigenvalue weighted by Crippen LogP contribution is -2.40. The molecule has 2 aromatic rings. The molecule has 184 valence electrons. The molecule has 0 radical (unpaired) electrons. The Labute approximate surface area is 200 Å². The highest BCUT2D eigenvalue weighted by Gasteiger charge is 2.21. The van der Waals surface area contributed by atoms with Gasteiger partial charge in [-0.3, -0.25) is 9.59 Å². The second-order valence-corrected chi connectivity index (χ2v) is 9.75. The Morgan fingerprint density at radius 3 is 2.53 bits per heavy atom. The summed E-state index contributed by atoms with van der Waals surface area (Å²) in [4.78, 5) is 26.7. The maximum Gasteiger partial charge on any atom is 0.244 e. The van der Waals surface area contributed by atoms with Crippen molar-refractivity contribution in [1.29, 1.82) is 0 Å². The van der Waals surface area contributed by atoms with Gasteiger partial charge in [0.15, 0.2) is 11.5 Å². The highest BCUT2D eigenvalue weighted by atomic mass is 32.2. The molecule has 3 rings (SSSR count). The van der Waals surface area contributed by atoms with E-state index < -0.39 is 10.0 Å². The van der Waals surface area contributed by atoms with Crippen LogP contribution in [0.15, 0.2) is 47.4 Å². The summed E-state index contributed by atoms with van der Waals surface area (Å²) in [6, 6.07) is 11.8. The summed E-state index contributed by atoms with van der Waals surface area (Å²) in [7, 11) is -3.84. The van der Waals surface area contributed by atoms with Crippen molar-refractivity contribution in [1.82, 2.24) is 9.62 Å². The first-order chi connectivity index (χ1) is 16.3. The van der Waals surface area contributed by atoms with Crippen molar-refractivity contribution < 1.29 is 27.5 Å². The predicted octanol–water partition coefficient (Wildman–Crippen LogP) is 2.70. The molecular formula is C24H31N3O6S. The van der Waals surface area contributed by atoms with Crippen molar-refractivity contribution in [2.45, 2.75) is 38.0 Å². The number of hydrogen-bond acceptors (Lipinski definition) is 6. The van der Waals surface area contributed by atoms with Gasteiger partial charge in [-0.15, -0.1) is 0 Å². The third-order valence-corrected chi connectivity index (χ3v) is 6.72. The number of benzene rings is 2. The van der Waals surface area contributed by atoms with Crippen LogP contribution in [0.25, 0.3) is 0 Å². The summed E-state index contributed by atoms with van der Waals surface area (Å²) in [5.41, 5.74) is 1.62. The van der Waals surface area contributed by atoms with Crippen LogP contribution in [0.4, 0.5) is 5.69 Å². The maximum absolute atomic E-state index is 12.7. The van der Waals surface area contributed by atoms with Crippen LogP contribution >= 0.6 is 0 Å². The number of rotatable bonds is 10. The first-order valence-electron chi connectivity index (χ1n) is 11.3. The molecule has 2 N–H and O–H groups in total. The number of para-hydroxylation sites is 1. The molecule has 0 aliphatic carbocycles. The quantitative estimate of drug-likeness (QED) is 0.530. The number of nitrogens with zero attached hydrogens (tertiary/aromatic N) is 1. The predicted molar refractivity (Wildman–Crippen MR) is 129 cm³/mol. The number of fused-ring (bicyclic) bond motifs is 1. The van der Waals surface area contributed by atoms with Crippen molar-refractivity contribution in [3.8, 4) is 11.5 Å². The average Bonchev–Trinajstić information content (AvgIpc) is 3.05. The van der Waals surface area contributed by atoms with Gasteiger partial charge in [-0.05, 0) is 37.1 Å². The van der Waals surface area contributed by atoms with E-state index in [2.05, 4.69) is 10.0 Å². The van der Waals surface area contributed by atoms with Crippen LogP contribution in [0.5, 0.6) is 11.5 Å². The first-order valence-corrected chi connectivity index (χ1v) is 12.8. The molecule has 0 saturated carbocycles. The number of ether oxygens (including phenoxy) is 2. The molecule has 0 spiro atoms. The highest BCUT2D eigenvalue weighted by Crippen LogP contribution is 2.31. The summed E-state index contributed by atoms with van der Waals surface area (Å²) in [6.07, 6.45) is 1.32. The molecule has 1 aliphatic heterocycles. The minimum absolute atomic E-state index is 0.0345. The summed E-state index contributed by atoms with van der Waals surface area (Å²) in [6.45, 7) is 4.96. The van der Waals surface area contributed by atoms with Gasteiger partial charge in [-0.1, -0.05) is 25.1 Å². The summed E-state index contributed by atoms with van der Waals surface area (Å²) in [5.74, 6) is 0.281. The van der Waals surface area contributed by atoms with E-state index in [-0.39, 0.29) is 36.2 Å². The lowest BCUT2D eigenvalue weighted by atomic mass is 10.2.